The molecule has 0 bridgehead atoms. The van der Waals surface area contributed by atoms with Crippen molar-refractivity contribution in [2.24, 2.45) is 0 Å². The maximum absolute atomic E-state index is 12.6. The summed E-state index contributed by atoms with van der Waals surface area (Å²) in [6, 6.07) is 11.3. The third-order valence-electron chi connectivity index (χ3n) is 4.74. The molecule has 1 aliphatic rings. The zero-order valence-corrected chi connectivity index (χ0v) is 16.1. The zero-order valence-electron chi connectivity index (χ0n) is 16.1. The number of methoxy groups -OCH3 is 3. The molecule has 1 saturated heterocycles. The number of rotatable bonds is 7. The summed E-state index contributed by atoms with van der Waals surface area (Å²) in [6.45, 7) is 3.29. The Kier molecular flexibility index (Phi) is 6.19. The number of hydrogen-bond acceptors (Lipinski definition) is 5. The van der Waals surface area contributed by atoms with E-state index in [9.17, 15) is 4.79 Å². The normalized spacial score (nSPS) is 14.0. The number of anilines is 1. The van der Waals surface area contributed by atoms with E-state index in [1.807, 2.05) is 12.1 Å². The Hall–Kier alpha value is -2.73. The number of hydrogen-bond donors (Lipinski definition) is 1. The largest absolute Gasteiger partial charge is 0.493 e. The molecule has 0 saturated carbocycles. The summed E-state index contributed by atoms with van der Waals surface area (Å²) in [7, 11) is 4.58. The van der Waals surface area contributed by atoms with Crippen LogP contribution in [-0.4, -0.2) is 45.2 Å². The number of nitrogens with one attached hydrogen (secondary N) is 1. The molecular formula is C21H26N2O4. The second kappa shape index (κ2) is 8.77. The maximum Gasteiger partial charge on any atom is 0.255 e. The van der Waals surface area contributed by atoms with Crippen LogP contribution in [0.4, 0.5) is 5.69 Å². The first kappa shape index (κ1) is 19.0. The molecule has 0 radical (unpaired) electrons. The summed E-state index contributed by atoms with van der Waals surface area (Å²) < 4.78 is 15.9. The van der Waals surface area contributed by atoms with E-state index in [1.165, 1.54) is 52.8 Å². The molecule has 1 fully saturated rings. The first-order valence-electron chi connectivity index (χ1n) is 9.07. The minimum atomic E-state index is -0.235. The maximum atomic E-state index is 12.6. The highest BCUT2D eigenvalue weighted by Crippen LogP contribution is 2.38. The molecule has 27 heavy (non-hydrogen) atoms. The van der Waals surface area contributed by atoms with E-state index in [0.29, 0.717) is 22.8 Å². The Morgan fingerprint density at radius 3 is 2.07 bits per heavy atom. The number of nitrogens with zero attached hydrogens (tertiary/aromatic N) is 1. The van der Waals surface area contributed by atoms with Gasteiger partial charge in [0, 0.05) is 17.8 Å². The fourth-order valence-corrected chi connectivity index (χ4v) is 3.31. The van der Waals surface area contributed by atoms with Crippen LogP contribution in [0.5, 0.6) is 17.2 Å². The van der Waals surface area contributed by atoms with Crippen LogP contribution in [0.1, 0.15) is 28.8 Å². The van der Waals surface area contributed by atoms with Crippen LogP contribution >= 0.6 is 0 Å². The molecule has 1 heterocycles. The average Bonchev–Trinajstić information content (AvgIpc) is 3.21. The van der Waals surface area contributed by atoms with Crippen molar-refractivity contribution in [3.05, 3.63) is 47.5 Å². The molecule has 3 rings (SSSR count). The van der Waals surface area contributed by atoms with Gasteiger partial charge in [0.15, 0.2) is 11.5 Å². The SMILES string of the molecule is COc1cc(C(=O)Nc2ccc(CN3CCCC3)cc2)cc(OC)c1OC. The molecule has 1 amide bonds. The van der Waals surface area contributed by atoms with Crippen LogP contribution in [0.2, 0.25) is 0 Å². The first-order chi connectivity index (χ1) is 13.1. The highest BCUT2D eigenvalue weighted by atomic mass is 16.5. The summed E-state index contributed by atoms with van der Waals surface area (Å²) in [5, 5.41) is 2.91. The highest BCUT2D eigenvalue weighted by molar-refractivity contribution is 6.05. The highest BCUT2D eigenvalue weighted by Gasteiger charge is 2.17. The molecule has 144 valence electrons. The lowest BCUT2D eigenvalue weighted by Gasteiger charge is -2.15. The van der Waals surface area contributed by atoms with Gasteiger partial charge in [0.2, 0.25) is 5.75 Å². The predicted molar refractivity (Wildman–Crippen MR) is 105 cm³/mol. The van der Waals surface area contributed by atoms with E-state index in [0.717, 1.165) is 12.2 Å². The first-order valence-corrected chi connectivity index (χ1v) is 9.07. The molecule has 0 atom stereocenters. The van der Waals surface area contributed by atoms with Crippen molar-refractivity contribution < 1.29 is 19.0 Å². The third kappa shape index (κ3) is 4.52. The van der Waals surface area contributed by atoms with Gasteiger partial charge >= 0.3 is 0 Å². The van der Waals surface area contributed by atoms with E-state index in [2.05, 4.69) is 22.3 Å². The number of carbonyl (C=O) groups is 1. The smallest absolute Gasteiger partial charge is 0.255 e. The minimum absolute atomic E-state index is 0.235. The van der Waals surface area contributed by atoms with Crippen molar-refractivity contribution in [3.63, 3.8) is 0 Å². The predicted octanol–water partition coefficient (Wildman–Crippen LogP) is 3.56. The summed E-state index contributed by atoms with van der Waals surface area (Å²) >= 11 is 0. The van der Waals surface area contributed by atoms with Crippen molar-refractivity contribution in [2.75, 3.05) is 39.7 Å². The van der Waals surface area contributed by atoms with Gasteiger partial charge in [0.05, 0.1) is 21.3 Å². The number of carbonyl (C=O) groups excluding carboxylic acids is 1. The van der Waals surface area contributed by atoms with Gasteiger partial charge in [0.25, 0.3) is 5.91 Å². The second-order valence-corrected chi connectivity index (χ2v) is 6.55. The van der Waals surface area contributed by atoms with Gasteiger partial charge in [-0.15, -0.1) is 0 Å². The Bertz CT molecular complexity index is 758. The molecule has 0 aromatic heterocycles. The summed E-state index contributed by atoms with van der Waals surface area (Å²) in [4.78, 5) is 15.1. The molecule has 0 spiro atoms. The van der Waals surface area contributed by atoms with Crippen LogP contribution in [-0.2, 0) is 6.54 Å². The Balaban J connectivity index is 1.71. The van der Waals surface area contributed by atoms with Crippen LogP contribution in [0.25, 0.3) is 0 Å². The molecule has 1 N–H and O–H groups in total. The van der Waals surface area contributed by atoms with Crippen LogP contribution in [0.3, 0.4) is 0 Å². The fraction of sp³-hybridized carbons (Fsp3) is 0.381. The van der Waals surface area contributed by atoms with Crippen molar-refractivity contribution in [1.82, 2.24) is 4.90 Å². The Morgan fingerprint density at radius 1 is 0.963 bits per heavy atom. The van der Waals surface area contributed by atoms with Gasteiger partial charge < -0.3 is 19.5 Å². The van der Waals surface area contributed by atoms with E-state index in [4.69, 9.17) is 14.2 Å². The summed E-state index contributed by atoms with van der Waals surface area (Å²) in [6.07, 6.45) is 2.56. The van der Waals surface area contributed by atoms with Gasteiger partial charge in [-0.1, -0.05) is 12.1 Å². The van der Waals surface area contributed by atoms with Gasteiger partial charge in [-0.25, -0.2) is 0 Å². The number of ether oxygens (including phenoxy) is 3. The minimum Gasteiger partial charge on any atom is -0.493 e. The Labute approximate surface area is 160 Å². The average molecular weight is 370 g/mol. The molecule has 0 aliphatic carbocycles. The molecule has 2 aromatic carbocycles. The molecule has 2 aromatic rings. The quantitative estimate of drug-likeness (QED) is 0.808. The lowest BCUT2D eigenvalue weighted by Crippen LogP contribution is -2.18. The zero-order chi connectivity index (χ0) is 19.2. The van der Waals surface area contributed by atoms with Gasteiger partial charge in [-0.05, 0) is 55.8 Å². The van der Waals surface area contributed by atoms with E-state index < -0.39 is 0 Å². The number of amides is 1. The standard InChI is InChI=1S/C21H26N2O4/c1-25-18-12-16(13-19(26-2)20(18)27-3)21(24)22-17-8-6-15(7-9-17)14-23-10-4-5-11-23/h6-9,12-13H,4-5,10-11,14H2,1-3H3,(H,22,24). The van der Waals surface area contributed by atoms with Crippen LogP contribution in [0.15, 0.2) is 36.4 Å². The van der Waals surface area contributed by atoms with E-state index in [1.54, 1.807) is 12.1 Å². The van der Waals surface area contributed by atoms with Crippen LogP contribution < -0.4 is 19.5 Å². The Morgan fingerprint density at radius 2 is 1.56 bits per heavy atom. The topological polar surface area (TPSA) is 60.0 Å². The molecule has 6 nitrogen and oxygen atoms in total. The summed E-state index contributed by atoms with van der Waals surface area (Å²) in [5.74, 6) is 1.12. The van der Waals surface area contributed by atoms with Crippen molar-refractivity contribution in [3.8, 4) is 17.2 Å². The van der Waals surface area contributed by atoms with Gasteiger partial charge in [-0.2, -0.15) is 0 Å². The number of likely N-dealkylation sites (tertiary alicyclic amines) is 1. The molecule has 1 aliphatic heterocycles. The summed E-state index contributed by atoms with van der Waals surface area (Å²) in [5.41, 5.74) is 2.44. The van der Waals surface area contributed by atoms with E-state index in [-0.39, 0.29) is 5.91 Å². The number of benzene rings is 2. The fourth-order valence-electron chi connectivity index (χ4n) is 3.31. The second-order valence-electron chi connectivity index (χ2n) is 6.55. The molecule has 6 heteroatoms. The van der Waals surface area contributed by atoms with Crippen molar-refractivity contribution in [1.29, 1.82) is 0 Å². The lowest BCUT2D eigenvalue weighted by atomic mass is 10.1. The monoisotopic (exact) mass is 370 g/mol. The van der Waals surface area contributed by atoms with Crippen molar-refractivity contribution in [2.45, 2.75) is 19.4 Å². The van der Waals surface area contributed by atoms with Crippen LogP contribution in [0, 0.1) is 0 Å². The van der Waals surface area contributed by atoms with Gasteiger partial charge in [-0.3, -0.25) is 9.69 Å². The van der Waals surface area contributed by atoms with Crippen molar-refractivity contribution >= 4 is 11.6 Å². The molecule has 0 unspecified atom stereocenters. The van der Waals surface area contributed by atoms with E-state index >= 15 is 0 Å². The molecular weight excluding hydrogens is 344 g/mol. The lowest BCUT2D eigenvalue weighted by molar-refractivity contribution is 0.102. The van der Waals surface area contributed by atoms with Gasteiger partial charge in [0.1, 0.15) is 0 Å². The third-order valence-corrected chi connectivity index (χ3v) is 4.74.